The third kappa shape index (κ3) is 4.10. The van der Waals surface area contributed by atoms with E-state index >= 15 is 0 Å². The molecule has 1 fully saturated rings. The second-order valence-corrected chi connectivity index (χ2v) is 5.99. The molecule has 1 aliphatic heterocycles. The number of benzene rings is 1. The fourth-order valence-electron chi connectivity index (χ4n) is 2.82. The number of hydrogen-bond donors (Lipinski definition) is 1. The van der Waals surface area contributed by atoms with Crippen LogP contribution in [0.15, 0.2) is 42.7 Å². The molecule has 0 aliphatic carbocycles. The van der Waals surface area contributed by atoms with Crippen LogP contribution in [0.4, 0.5) is 10.5 Å². The molecule has 2 unspecified atom stereocenters. The molecule has 23 heavy (non-hydrogen) atoms. The van der Waals surface area contributed by atoms with E-state index in [0.717, 1.165) is 17.8 Å². The van der Waals surface area contributed by atoms with Gasteiger partial charge in [0, 0.05) is 31.2 Å². The Hall–Kier alpha value is -2.34. The van der Waals surface area contributed by atoms with Gasteiger partial charge in [-0.3, -0.25) is 4.68 Å². The van der Waals surface area contributed by atoms with Gasteiger partial charge in [0.25, 0.3) is 0 Å². The summed E-state index contributed by atoms with van der Waals surface area (Å²) in [6.45, 7) is 5.93. The molecule has 6 nitrogen and oxygen atoms in total. The van der Waals surface area contributed by atoms with Crippen LogP contribution in [0.3, 0.4) is 0 Å². The van der Waals surface area contributed by atoms with Gasteiger partial charge in [-0.25, -0.2) is 4.79 Å². The molecule has 0 saturated carbocycles. The van der Waals surface area contributed by atoms with E-state index in [1.54, 1.807) is 11.1 Å². The number of hydrogen-bond acceptors (Lipinski definition) is 3. The number of nitrogens with zero attached hydrogens (tertiary/aromatic N) is 3. The summed E-state index contributed by atoms with van der Waals surface area (Å²) in [7, 11) is 0. The topological polar surface area (TPSA) is 59.4 Å². The Morgan fingerprint density at radius 1 is 1.26 bits per heavy atom. The average molecular weight is 314 g/mol. The Morgan fingerprint density at radius 3 is 2.57 bits per heavy atom. The molecule has 1 aliphatic rings. The van der Waals surface area contributed by atoms with Gasteiger partial charge in [0.1, 0.15) is 0 Å². The monoisotopic (exact) mass is 314 g/mol. The molecule has 1 aromatic heterocycles. The predicted octanol–water partition coefficient (Wildman–Crippen LogP) is 2.57. The summed E-state index contributed by atoms with van der Waals surface area (Å²) in [6, 6.07) is 9.67. The summed E-state index contributed by atoms with van der Waals surface area (Å²) in [5, 5.41) is 7.13. The van der Waals surface area contributed by atoms with Crippen LogP contribution < -0.4 is 5.32 Å². The first-order chi connectivity index (χ1) is 11.1. The molecule has 0 bridgehead atoms. The highest BCUT2D eigenvalue weighted by Crippen LogP contribution is 2.15. The van der Waals surface area contributed by atoms with E-state index in [1.807, 2.05) is 55.1 Å². The van der Waals surface area contributed by atoms with E-state index in [9.17, 15) is 4.79 Å². The van der Waals surface area contributed by atoms with Crippen LogP contribution in [0.2, 0.25) is 0 Å². The summed E-state index contributed by atoms with van der Waals surface area (Å²) >= 11 is 0. The minimum Gasteiger partial charge on any atom is -0.372 e. The second kappa shape index (κ2) is 6.83. The molecule has 1 saturated heterocycles. The number of urea groups is 1. The summed E-state index contributed by atoms with van der Waals surface area (Å²) < 4.78 is 7.52. The van der Waals surface area contributed by atoms with Gasteiger partial charge >= 0.3 is 6.03 Å². The fourth-order valence-corrected chi connectivity index (χ4v) is 2.82. The first kappa shape index (κ1) is 15.6. The van der Waals surface area contributed by atoms with Crippen LogP contribution >= 0.6 is 0 Å². The fraction of sp³-hybridized carbons (Fsp3) is 0.412. The Balaban J connectivity index is 1.58. The van der Waals surface area contributed by atoms with E-state index in [2.05, 4.69) is 10.4 Å². The number of anilines is 1. The summed E-state index contributed by atoms with van der Waals surface area (Å²) in [6.07, 6.45) is 3.83. The van der Waals surface area contributed by atoms with Gasteiger partial charge in [-0.15, -0.1) is 0 Å². The van der Waals surface area contributed by atoms with E-state index < -0.39 is 0 Å². The molecule has 0 radical (unpaired) electrons. The lowest BCUT2D eigenvalue weighted by molar-refractivity contribution is -0.0530. The molecular weight excluding hydrogens is 292 g/mol. The van der Waals surface area contributed by atoms with E-state index in [4.69, 9.17) is 4.74 Å². The average Bonchev–Trinajstić information content (AvgIpc) is 3.01. The second-order valence-electron chi connectivity index (χ2n) is 5.99. The maximum atomic E-state index is 12.3. The van der Waals surface area contributed by atoms with Crippen molar-refractivity contribution < 1.29 is 9.53 Å². The van der Waals surface area contributed by atoms with Gasteiger partial charge in [0.15, 0.2) is 0 Å². The molecule has 0 spiro atoms. The Bertz CT molecular complexity index is 629. The largest absolute Gasteiger partial charge is 0.372 e. The zero-order valence-corrected chi connectivity index (χ0v) is 13.5. The van der Waals surface area contributed by atoms with Gasteiger partial charge in [-0.1, -0.05) is 12.1 Å². The molecule has 122 valence electrons. The minimum absolute atomic E-state index is 0.0703. The van der Waals surface area contributed by atoms with Crippen molar-refractivity contribution in [3.8, 4) is 0 Å². The Kier molecular flexibility index (Phi) is 4.62. The number of carbonyl (C=O) groups is 1. The molecule has 2 amide bonds. The first-order valence-electron chi connectivity index (χ1n) is 7.88. The smallest absolute Gasteiger partial charge is 0.322 e. The quantitative estimate of drug-likeness (QED) is 0.947. The van der Waals surface area contributed by atoms with Gasteiger partial charge in [0.2, 0.25) is 0 Å². The number of amides is 2. The third-order valence-corrected chi connectivity index (χ3v) is 3.82. The van der Waals surface area contributed by atoms with Crippen molar-refractivity contribution in [2.75, 3.05) is 18.4 Å². The highest BCUT2D eigenvalue weighted by Gasteiger charge is 2.25. The summed E-state index contributed by atoms with van der Waals surface area (Å²) in [5.41, 5.74) is 1.94. The van der Waals surface area contributed by atoms with Crippen LogP contribution in [-0.2, 0) is 11.3 Å². The summed E-state index contributed by atoms with van der Waals surface area (Å²) in [5.74, 6) is 0. The van der Waals surface area contributed by atoms with Gasteiger partial charge < -0.3 is 15.0 Å². The van der Waals surface area contributed by atoms with E-state index in [-0.39, 0.29) is 18.2 Å². The van der Waals surface area contributed by atoms with Crippen molar-refractivity contribution in [2.45, 2.75) is 32.6 Å². The number of rotatable bonds is 3. The summed E-state index contributed by atoms with van der Waals surface area (Å²) in [4.78, 5) is 14.1. The molecular formula is C17H22N4O2. The van der Waals surface area contributed by atoms with E-state index in [0.29, 0.717) is 13.1 Å². The molecule has 1 aromatic carbocycles. The number of ether oxygens (including phenoxy) is 1. The third-order valence-electron chi connectivity index (χ3n) is 3.82. The molecule has 2 heterocycles. The predicted molar refractivity (Wildman–Crippen MR) is 88.4 cm³/mol. The van der Waals surface area contributed by atoms with Crippen LogP contribution in [0.5, 0.6) is 0 Å². The van der Waals surface area contributed by atoms with Crippen molar-refractivity contribution in [3.63, 3.8) is 0 Å². The van der Waals surface area contributed by atoms with Crippen LogP contribution in [0.1, 0.15) is 19.4 Å². The zero-order valence-electron chi connectivity index (χ0n) is 13.5. The van der Waals surface area contributed by atoms with Crippen LogP contribution in [0, 0.1) is 0 Å². The van der Waals surface area contributed by atoms with Crippen molar-refractivity contribution >= 4 is 11.7 Å². The molecule has 6 heteroatoms. The highest BCUT2D eigenvalue weighted by atomic mass is 16.5. The van der Waals surface area contributed by atoms with Crippen LogP contribution in [0.25, 0.3) is 0 Å². The van der Waals surface area contributed by atoms with Crippen molar-refractivity contribution in [1.82, 2.24) is 14.7 Å². The number of aromatic nitrogens is 2. The van der Waals surface area contributed by atoms with Crippen molar-refractivity contribution in [2.24, 2.45) is 0 Å². The standard InChI is InChI=1S/C17H22N4O2/c1-13-10-20(11-14(2)23-13)17(22)19-16-6-4-15(5-7-16)12-21-9-3-8-18-21/h3-9,13-14H,10-12H2,1-2H3,(H,19,22). The maximum absolute atomic E-state index is 12.3. The normalized spacial score (nSPS) is 21.2. The molecule has 2 atom stereocenters. The Labute approximate surface area is 136 Å². The highest BCUT2D eigenvalue weighted by molar-refractivity contribution is 5.89. The van der Waals surface area contributed by atoms with Crippen molar-refractivity contribution in [3.05, 3.63) is 48.3 Å². The van der Waals surface area contributed by atoms with Gasteiger partial charge in [-0.05, 0) is 37.6 Å². The number of carbonyl (C=O) groups excluding carboxylic acids is 1. The van der Waals surface area contributed by atoms with E-state index in [1.165, 1.54) is 0 Å². The van der Waals surface area contributed by atoms with Gasteiger partial charge in [0.05, 0.1) is 18.8 Å². The lowest BCUT2D eigenvalue weighted by Crippen LogP contribution is -2.49. The first-order valence-corrected chi connectivity index (χ1v) is 7.88. The number of morpholine rings is 1. The van der Waals surface area contributed by atoms with Crippen LogP contribution in [-0.4, -0.2) is 46.0 Å². The lowest BCUT2D eigenvalue weighted by atomic mass is 10.2. The Morgan fingerprint density at radius 2 is 1.96 bits per heavy atom. The molecule has 3 rings (SSSR count). The molecule has 2 aromatic rings. The molecule has 1 N–H and O–H groups in total. The number of nitrogens with one attached hydrogen (secondary N) is 1. The van der Waals surface area contributed by atoms with Gasteiger partial charge in [-0.2, -0.15) is 5.10 Å². The maximum Gasteiger partial charge on any atom is 0.322 e. The SMILES string of the molecule is CC1CN(C(=O)Nc2ccc(Cn3cccn3)cc2)CC(C)O1. The lowest BCUT2D eigenvalue weighted by Gasteiger charge is -2.35. The zero-order chi connectivity index (χ0) is 16.2. The minimum atomic E-state index is -0.0770. The van der Waals surface area contributed by atoms with Crippen molar-refractivity contribution in [1.29, 1.82) is 0 Å².